The van der Waals surface area contributed by atoms with Crippen molar-refractivity contribution in [3.05, 3.63) is 52.7 Å². The molecule has 5 heteroatoms. The third kappa shape index (κ3) is 1.68. The van der Waals surface area contributed by atoms with Gasteiger partial charge in [0.1, 0.15) is 11.0 Å². The van der Waals surface area contributed by atoms with Crippen molar-refractivity contribution in [1.29, 1.82) is 0 Å². The fourth-order valence-corrected chi connectivity index (χ4v) is 2.03. The summed E-state index contributed by atoms with van der Waals surface area (Å²) in [5.41, 5.74) is -0.169. The summed E-state index contributed by atoms with van der Waals surface area (Å²) < 4.78 is 5.47. The van der Waals surface area contributed by atoms with E-state index < -0.39 is 22.7 Å². The van der Waals surface area contributed by atoms with E-state index in [4.69, 9.17) is 4.42 Å². The topological polar surface area (TPSA) is 90.9 Å². The molecule has 0 saturated heterocycles. The first kappa shape index (κ1) is 12.1. The van der Waals surface area contributed by atoms with Gasteiger partial charge in [0.05, 0.1) is 0 Å². The summed E-state index contributed by atoms with van der Waals surface area (Å²) in [6, 6.07) is 11.2. The van der Waals surface area contributed by atoms with E-state index in [0.29, 0.717) is 5.56 Å². The molecule has 0 fully saturated rings. The molecule has 3 N–H and O–H groups in total. The Bertz CT molecular complexity index is 850. The summed E-state index contributed by atoms with van der Waals surface area (Å²) >= 11 is 0. The van der Waals surface area contributed by atoms with Crippen LogP contribution in [0.5, 0.6) is 17.2 Å². The van der Waals surface area contributed by atoms with Crippen LogP contribution in [0.1, 0.15) is 0 Å². The van der Waals surface area contributed by atoms with E-state index in [1.54, 1.807) is 30.3 Å². The average molecular weight is 270 g/mol. The van der Waals surface area contributed by atoms with Gasteiger partial charge in [-0.3, -0.25) is 4.79 Å². The Kier molecular flexibility index (Phi) is 2.61. The summed E-state index contributed by atoms with van der Waals surface area (Å²) in [5, 5.41) is 28.8. The Hall–Kier alpha value is -2.95. The van der Waals surface area contributed by atoms with Crippen LogP contribution in [0.15, 0.2) is 51.7 Å². The van der Waals surface area contributed by atoms with Crippen LogP contribution in [-0.2, 0) is 0 Å². The fraction of sp³-hybridized carbons (Fsp3) is 0. The number of hydrogen-bond acceptors (Lipinski definition) is 5. The van der Waals surface area contributed by atoms with E-state index in [9.17, 15) is 20.1 Å². The van der Waals surface area contributed by atoms with Crippen molar-refractivity contribution >= 4 is 11.0 Å². The number of benzene rings is 2. The highest BCUT2D eigenvalue weighted by Crippen LogP contribution is 2.36. The molecule has 0 radical (unpaired) electrons. The van der Waals surface area contributed by atoms with Crippen molar-refractivity contribution in [2.24, 2.45) is 0 Å². The number of fused-ring (bicyclic) bond motifs is 1. The van der Waals surface area contributed by atoms with Gasteiger partial charge in [0, 0.05) is 5.56 Å². The quantitative estimate of drug-likeness (QED) is 0.591. The van der Waals surface area contributed by atoms with Gasteiger partial charge in [-0.15, -0.1) is 0 Å². The van der Waals surface area contributed by atoms with Crippen molar-refractivity contribution in [2.75, 3.05) is 0 Å². The van der Waals surface area contributed by atoms with Crippen LogP contribution in [0.2, 0.25) is 0 Å². The summed E-state index contributed by atoms with van der Waals surface area (Å²) in [7, 11) is 0. The lowest BCUT2D eigenvalue weighted by atomic mass is 10.1. The van der Waals surface area contributed by atoms with Crippen molar-refractivity contribution < 1.29 is 19.7 Å². The first-order valence-electron chi connectivity index (χ1n) is 5.85. The minimum absolute atomic E-state index is 0.0215. The number of rotatable bonds is 1. The Morgan fingerprint density at radius 1 is 0.850 bits per heavy atom. The van der Waals surface area contributed by atoms with Gasteiger partial charge in [-0.25, -0.2) is 0 Å². The largest absolute Gasteiger partial charge is 0.504 e. The Labute approximate surface area is 113 Å². The molecule has 0 aliphatic rings. The molecule has 0 aliphatic carbocycles. The minimum Gasteiger partial charge on any atom is -0.504 e. The monoisotopic (exact) mass is 270 g/mol. The fourth-order valence-electron chi connectivity index (χ4n) is 2.03. The van der Waals surface area contributed by atoms with Crippen LogP contribution >= 0.6 is 0 Å². The van der Waals surface area contributed by atoms with Crippen molar-refractivity contribution in [1.82, 2.24) is 0 Å². The second-order valence-corrected chi connectivity index (χ2v) is 4.28. The van der Waals surface area contributed by atoms with Crippen LogP contribution in [0, 0.1) is 0 Å². The molecule has 0 amide bonds. The van der Waals surface area contributed by atoms with E-state index >= 15 is 0 Å². The first-order valence-corrected chi connectivity index (χ1v) is 5.85. The van der Waals surface area contributed by atoms with Crippen LogP contribution in [0.4, 0.5) is 0 Å². The number of phenols is 2. The highest BCUT2D eigenvalue weighted by Gasteiger charge is 2.19. The van der Waals surface area contributed by atoms with E-state index in [1.807, 2.05) is 0 Å². The van der Waals surface area contributed by atoms with Crippen LogP contribution in [0.25, 0.3) is 22.3 Å². The Balaban J connectivity index is 2.42. The normalized spacial score (nSPS) is 10.8. The van der Waals surface area contributed by atoms with E-state index in [2.05, 4.69) is 0 Å². The molecule has 2 aromatic carbocycles. The molecule has 0 saturated carbocycles. The van der Waals surface area contributed by atoms with Gasteiger partial charge in [-0.2, -0.15) is 0 Å². The summed E-state index contributed by atoms with van der Waals surface area (Å²) in [5.74, 6) is -1.64. The average Bonchev–Trinajstić information content (AvgIpc) is 2.47. The molecular formula is C15H10O5. The van der Waals surface area contributed by atoms with Crippen LogP contribution in [0.3, 0.4) is 0 Å². The van der Waals surface area contributed by atoms with E-state index in [0.717, 1.165) is 0 Å². The zero-order chi connectivity index (χ0) is 14.3. The lowest BCUT2D eigenvalue weighted by Gasteiger charge is -2.07. The van der Waals surface area contributed by atoms with Gasteiger partial charge < -0.3 is 19.7 Å². The lowest BCUT2D eigenvalue weighted by molar-refractivity contribution is 0.405. The number of hydrogen-bond donors (Lipinski definition) is 3. The number of aromatic hydroxyl groups is 3. The first-order chi connectivity index (χ1) is 9.59. The second kappa shape index (κ2) is 4.31. The summed E-state index contributed by atoms with van der Waals surface area (Å²) in [6.07, 6.45) is 0. The van der Waals surface area contributed by atoms with Gasteiger partial charge in [0.2, 0.25) is 11.2 Å². The van der Waals surface area contributed by atoms with E-state index in [-0.39, 0.29) is 16.7 Å². The van der Waals surface area contributed by atoms with Gasteiger partial charge in [0.25, 0.3) is 0 Å². The maximum absolute atomic E-state index is 12.1. The highest BCUT2D eigenvalue weighted by molar-refractivity contribution is 5.88. The van der Waals surface area contributed by atoms with Crippen LogP contribution < -0.4 is 5.43 Å². The van der Waals surface area contributed by atoms with E-state index in [1.165, 1.54) is 12.1 Å². The van der Waals surface area contributed by atoms with Crippen molar-refractivity contribution in [3.63, 3.8) is 0 Å². The maximum Gasteiger partial charge on any atom is 0.238 e. The van der Waals surface area contributed by atoms with Crippen molar-refractivity contribution in [3.8, 4) is 28.6 Å². The molecule has 3 rings (SSSR count). The molecular weight excluding hydrogens is 260 g/mol. The summed E-state index contributed by atoms with van der Waals surface area (Å²) in [6.45, 7) is 0. The smallest absolute Gasteiger partial charge is 0.238 e. The molecule has 5 nitrogen and oxygen atoms in total. The molecule has 0 bridgehead atoms. The van der Waals surface area contributed by atoms with Gasteiger partial charge in [-0.1, -0.05) is 30.3 Å². The minimum atomic E-state index is -0.793. The molecule has 3 aromatic rings. The lowest BCUT2D eigenvalue weighted by Crippen LogP contribution is -2.02. The van der Waals surface area contributed by atoms with Gasteiger partial charge in [0.15, 0.2) is 17.3 Å². The molecule has 20 heavy (non-hydrogen) atoms. The zero-order valence-corrected chi connectivity index (χ0v) is 10.2. The van der Waals surface area contributed by atoms with Crippen LogP contribution in [-0.4, -0.2) is 15.3 Å². The Morgan fingerprint density at radius 3 is 2.25 bits per heavy atom. The predicted molar refractivity (Wildman–Crippen MR) is 72.9 cm³/mol. The maximum atomic E-state index is 12.1. The standard InChI is InChI=1S/C15H10O5/c16-9-6-7-10-11(12(9)17)13(18)14(19)15(20-10)8-4-2-1-3-5-8/h1-7,16-17,19H. The zero-order valence-electron chi connectivity index (χ0n) is 10.2. The number of phenolic OH excluding ortho intramolecular Hbond substituents is 2. The SMILES string of the molecule is O=c1c(O)c(-c2ccccc2)oc2ccc(O)c(O)c12. The third-order valence-electron chi connectivity index (χ3n) is 3.02. The summed E-state index contributed by atoms with van der Waals surface area (Å²) in [4.78, 5) is 12.1. The second-order valence-electron chi connectivity index (χ2n) is 4.28. The van der Waals surface area contributed by atoms with Gasteiger partial charge >= 0.3 is 0 Å². The molecule has 0 unspecified atom stereocenters. The molecule has 1 aromatic heterocycles. The third-order valence-corrected chi connectivity index (χ3v) is 3.02. The molecule has 1 heterocycles. The van der Waals surface area contributed by atoms with Crippen molar-refractivity contribution in [2.45, 2.75) is 0 Å². The Morgan fingerprint density at radius 2 is 1.55 bits per heavy atom. The molecule has 0 atom stereocenters. The molecule has 100 valence electrons. The molecule has 0 aliphatic heterocycles. The van der Waals surface area contributed by atoms with Gasteiger partial charge in [-0.05, 0) is 12.1 Å². The highest BCUT2D eigenvalue weighted by atomic mass is 16.4. The molecule has 0 spiro atoms. The predicted octanol–water partition coefficient (Wildman–Crippen LogP) is 2.58.